The van der Waals surface area contributed by atoms with Crippen LogP contribution in [-0.2, 0) is 9.84 Å². The molecular formula is C12H23NO2S. The Hall–Kier alpha value is -0.0900. The van der Waals surface area contributed by atoms with E-state index >= 15 is 0 Å². The van der Waals surface area contributed by atoms with Gasteiger partial charge in [0.15, 0.2) is 9.84 Å². The first-order valence-electron chi connectivity index (χ1n) is 6.50. The Balaban J connectivity index is 1.92. The van der Waals surface area contributed by atoms with Gasteiger partial charge in [0.2, 0.25) is 0 Å². The minimum absolute atomic E-state index is 0.101. The van der Waals surface area contributed by atoms with Crippen molar-refractivity contribution in [2.75, 3.05) is 19.3 Å². The van der Waals surface area contributed by atoms with Gasteiger partial charge in [-0.1, -0.05) is 25.7 Å². The molecule has 2 fully saturated rings. The van der Waals surface area contributed by atoms with Crippen LogP contribution in [0.15, 0.2) is 0 Å². The molecule has 0 radical (unpaired) electrons. The molecule has 1 atom stereocenters. The van der Waals surface area contributed by atoms with E-state index in [0.717, 1.165) is 19.5 Å². The Morgan fingerprint density at radius 3 is 2.12 bits per heavy atom. The lowest BCUT2D eigenvalue weighted by Crippen LogP contribution is -2.34. The average Bonchev–Trinajstić information content (AvgIpc) is 2.55. The maximum atomic E-state index is 11.5. The van der Waals surface area contributed by atoms with E-state index in [9.17, 15) is 8.42 Å². The molecule has 16 heavy (non-hydrogen) atoms. The molecule has 2 rings (SSSR count). The average molecular weight is 245 g/mol. The quantitative estimate of drug-likeness (QED) is 0.697. The fraction of sp³-hybridized carbons (Fsp3) is 1.00. The lowest BCUT2D eigenvalue weighted by molar-refractivity contribution is 0.221. The molecule has 0 bridgehead atoms. The number of sulfone groups is 1. The first-order valence-corrected chi connectivity index (χ1v) is 8.46. The fourth-order valence-corrected chi connectivity index (χ4v) is 4.05. The second-order valence-corrected chi connectivity index (χ2v) is 7.71. The Labute approximate surface area is 99.1 Å². The van der Waals surface area contributed by atoms with Gasteiger partial charge >= 0.3 is 0 Å². The molecule has 2 aliphatic rings. The zero-order chi connectivity index (χ0) is 11.6. The van der Waals surface area contributed by atoms with Crippen molar-refractivity contribution in [3.63, 3.8) is 0 Å². The van der Waals surface area contributed by atoms with Gasteiger partial charge in [-0.05, 0) is 25.8 Å². The topological polar surface area (TPSA) is 37.4 Å². The molecule has 0 aromatic rings. The highest BCUT2D eigenvalue weighted by molar-refractivity contribution is 7.91. The molecule has 1 aliphatic heterocycles. The summed E-state index contributed by atoms with van der Waals surface area (Å²) in [6, 6.07) is 0.661. The maximum absolute atomic E-state index is 11.5. The summed E-state index contributed by atoms with van der Waals surface area (Å²) in [5, 5.41) is -0.101. The highest BCUT2D eigenvalue weighted by atomic mass is 32.2. The predicted octanol–water partition coefficient (Wildman–Crippen LogP) is 1.83. The molecule has 94 valence electrons. The van der Waals surface area contributed by atoms with Crippen LogP contribution in [-0.4, -0.2) is 44.0 Å². The number of nitrogens with zero attached hydrogens (tertiary/aromatic N) is 1. The van der Waals surface area contributed by atoms with Gasteiger partial charge in [0.05, 0.1) is 5.25 Å². The van der Waals surface area contributed by atoms with Crippen molar-refractivity contribution in [3.8, 4) is 0 Å². The molecule has 1 unspecified atom stereocenters. The van der Waals surface area contributed by atoms with Crippen LogP contribution in [0.4, 0.5) is 0 Å². The molecule has 4 heteroatoms. The third-order valence-electron chi connectivity index (χ3n) is 4.12. The lowest BCUT2D eigenvalue weighted by Gasteiger charge is -2.26. The van der Waals surface area contributed by atoms with E-state index in [1.807, 2.05) is 0 Å². The molecule has 0 spiro atoms. The van der Waals surface area contributed by atoms with E-state index in [4.69, 9.17) is 0 Å². The SMILES string of the molecule is CS(=O)(=O)C1CCN(C2CCCCCC2)C1. The standard InChI is InChI=1S/C12H23NO2S/c1-16(14,15)12-8-9-13(10-12)11-6-4-2-3-5-7-11/h11-12H,2-10H2,1H3. The van der Waals surface area contributed by atoms with Crippen molar-refractivity contribution in [1.29, 1.82) is 0 Å². The zero-order valence-corrected chi connectivity index (χ0v) is 11.0. The van der Waals surface area contributed by atoms with Crippen LogP contribution in [0, 0.1) is 0 Å². The monoisotopic (exact) mass is 245 g/mol. The van der Waals surface area contributed by atoms with Gasteiger partial charge in [0, 0.05) is 18.8 Å². The van der Waals surface area contributed by atoms with Crippen LogP contribution in [0.1, 0.15) is 44.9 Å². The molecule has 0 aromatic heterocycles. The molecule has 1 heterocycles. The third-order valence-corrected chi connectivity index (χ3v) is 5.72. The third kappa shape index (κ3) is 2.98. The Bertz CT molecular complexity index is 318. The Morgan fingerprint density at radius 1 is 1.00 bits per heavy atom. The minimum Gasteiger partial charge on any atom is -0.299 e. The molecule has 0 N–H and O–H groups in total. The van der Waals surface area contributed by atoms with Gasteiger partial charge in [0.25, 0.3) is 0 Å². The first kappa shape index (κ1) is 12.4. The molecule has 3 nitrogen and oxygen atoms in total. The van der Waals surface area contributed by atoms with Crippen LogP contribution in [0.2, 0.25) is 0 Å². The smallest absolute Gasteiger partial charge is 0.151 e. The second-order valence-electron chi connectivity index (χ2n) is 5.38. The van der Waals surface area contributed by atoms with Crippen molar-refractivity contribution >= 4 is 9.84 Å². The zero-order valence-electron chi connectivity index (χ0n) is 10.2. The Kier molecular flexibility index (Phi) is 3.90. The van der Waals surface area contributed by atoms with E-state index in [0.29, 0.717) is 6.04 Å². The fourth-order valence-electron chi connectivity index (χ4n) is 3.06. The molecule has 1 saturated carbocycles. The number of hydrogen-bond donors (Lipinski definition) is 0. The van der Waals surface area contributed by atoms with Crippen LogP contribution in [0.3, 0.4) is 0 Å². The van der Waals surface area contributed by atoms with Crippen molar-refractivity contribution in [2.24, 2.45) is 0 Å². The Morgan fingerprint density at radius 2 is 1.62 bits per heavy atom. The summed E-state index contributed by atoms with van der Waals surface area (Å²) in [6.45, 7) is 1.77. The summed E-state index contributed by atoms with van der Waals surface area (Å²) in [5.41, 5.74) is 0. The summed E-state index contributed by atoms with van der Waals surface area (Å²) < 4.78 is 23.0. The maximum Gasteiger partial charge on any atom is 0.151 e. The van der Waals surface area contributed by atoms with E-state index < -0.39 is 9.84 Å². The van der Waals surface area contributed by atoms with Crippen molar-refractivity contribution in [3.05, 3.63) is 0 Å². The van der Waals surface area contributed by atoms with E-state index in [1.165, 1.54) is 44.8 Å². The van der Waals surface area contributed by atoms with Crippen molar-refractivity contribution in [2.45, 2.75) is 56.2 Å². The summed E-state index contributed by atoms with van der Waals surface area (Å²) in [7, 11) is -2.82. The molecule has 1 aliphatic carbocycles. The molecule has 0 amide bonds. The summed E-state index contributed by atoms with van der Waals surface area (Å²) in [6.07, 6.45) is 10.1. The predicted molar refractivity (Wildman–Crippen MR) is 66.3 cm³/mol. The van der Waals surface area contributed by atoms with Crippen molar-refractivity contribution in [1.82, 2.24) is 4.90 Å². The number of likely N-dealkylation sites (tertiary alicyclic amines) is 1. The van der Waals surface area contributed by atoms with E-state index in [1.54, 1.807) is 0 Å². The highest BCUT2D eigenvalue weighted by Crippen LogP contribution is 2.26. The van der Waals surface area contributed by atoms with Crippen molar-refractivity contribution < 1.29 is 8.42 Å². The lowest BCUT2D eigenvalue weighted by atomic mass is 10.1. The van der Waals surface area contributed by atoms with Crippen LogP contribution < -0.4 is 0 Å². The van der Waals surface area contributed by atoms with Crippen LogP contribution >= 0.6 is 0 Å². The van der Waals surface area contributed by atoms with Gasteiger partial charge in [-0.3, -0.25) is 4.90 Å². The normalized spacial score (nSPS) is 30.4. The largest absolute Gasteiger partial charge is 0.299 e. The molecular weight excluding hydrogens is 222 g/mol. The number of hydrogen-bond acceptors (Lipinski definition) is 3. The minimum atomic E-state index is -2.82. The first-order chi connectivity index (χ1) is 7.57. The number of rotatable bonds is 2. The molecule has 1 saturated heterocycles. The van der Waals surface area contributed by atoms with Gasteiger partial charge < -0.3 is 0 Å². The highest BCUT2D eigenvalue weighted by Gasteiger charge is 2.33. The van der Waals surface area contributed by atoms with E-state index in [-0.39, 0.29) is 5.25 Å². The second kappa shape index (κ2) is 5.05. The summed E-state index contributed by atoms with van der Waals surface area (Å²) in [5.74, 6) is 0. The van der Waals surface area contributed by atoms with Crippen LogP contribution in [0.25, 0.3) is 0 Å². The van der Waals surface area contributed by atoms with Crippen LogP contribution in [0.5, 0.6) is 0 Å². The summed E-state index contributed by atoms with van der Waals surface area (Å²) >= 11 is 0. The van der Waals surface area contributed by atoms with E-state index in [2.05, 4.69) is 4.90 Å². The van der Waals surface area contributed by atoms with Gasteiger partial charge in [-0.25, -0.2) is 8.42 Å². The van der Waals surface area contributed by atoms with Gasteiger partial charge in [-0.2, -0.15) is 0 Å². The van der Waals surface area contributed by atoms with Gasteiger partial charge in [0.1, 0.15) is 0 Å². The summed E-state index contributed by atoms with van der Waals surface area (Å²) in [4.78, 5) is 2.43. The molecule has 0 aromatic carbocycles. The van der Waals surface area contributed by atoms with Gasteiger partial charge in [-0.15, -0.1) is 0 Å².